The van der Waals surface area contributed by atoms with Crippen LogP contribution in [-0.2, 0) is 6.54 Å². The number of amides is 1. The number of rotatable bonds is 3. The van der Waals surface area contributed by atoms with Crippen LogP contribution < -0.4 is 5.43 Å². The summed E-state index contributed by atoms with van der Waals surface area (Å²) in [6.07, 6.45) is -5.92. The van der Waals surface area contributed by atoms with Crippen LogP contribution >= 0.6 is 0 Å². The van der Waals surface area contributed by atoms with Crippen LogP contribution in [-0.4, -0.2) is 37.7 Å². The van der Waals surface area contributed by atoms with Gasteiger partial charge in [0, 0.05) is 17.8 Å². The number of hydrogen-bond acceptors (Lipinski definition) is 5. The third kappa shape index (κ3) is 2.96. The van der Waals surface area contributed by atoms with Gasteiger partial charge in [-0.15, -0.1) is 0 Å². The van der Waals surface area contributed by atoms with E-state index >= 15 is 0 Å². The number of furan rings is 1. The Bertz CT molecular complexity index is 870. The van der Waals surface area contributed by atoms with Crippen LogP contribution in [0.5, 0.6) is 0 Å². The maximum atomic E-state index is 13.2. The molecule has 2 aromatic rings. The summed E-state index contributed by atoms with van der Waals surface area (Å²) < 4.78 is 46.7. The topological polar surface area (TPSA) is 83.5 Å². The van der Waals surface area contributed by atoms with Gasteiger partial charge in [-0.2, -0.15) is 18.3 Å². The quantitative estimate of drug-likeness (QED) is 0.866. The molecule has 3 rings (SSSR count). The van der Waals surface area contributed by atoms with Crippen molar-refractivity contribution in [3.8, 4) is 0 Å². The summed E-state index contributed by atoms with van der Waals surface area (Å²) in [7, 11) is 0. The number of hydrazine groups is 1. The number of hydrogen-bond donors (Lipinski definition) is 2. The molecule has 26 heavy (non-hydrogen) atoms. The van der Waals surface area contributed by atoms with Crippen molar-refractivity contribution in [2.45, 2.75) is 38.7 Å². The molecule has 1 aliphatic heterocycles. The van der Waals surface area contributed by atoms with Gasteiger partial charge in [0.2, 0.25) is 0 Å². The van der Waals surface area contributed by atoms with E-state index in [1.807, 2.05) is 19.9 Å². The summed E-state index contributed by atoms with van der Waals surface area (Å²) in [5, 5.41) is 14.3. The van der Waals surface area contributed by atoms with Gasteiger partial charge in [0.15, 0.2) is 5.76 Å². The van der Waals surface area contributed by atoms with E-state index in [0.29, 0.717) is 5.76 Å². The Hall–Kier alpha value is -2.75. The minimum atomic E-state index is -5.06. The standard InChI is InChI=1S/C16H17F3N4O3/c1-9-6-11(3)22(20-9)8-12-4-5-13(26-12)14(24)23-15(25,16(17,18)19)7-10(2)21-23/h4-6,21,25H,2,7-8H2,1,3H3. The van der Waals surface area contributed by atoms with Crippen molar-refractivity contribution >= 4 is 5.91 Å². The van der Waals surface area contributed by atoms with Gasteiger partial charge in [0.1, 0.15) is 5.76 Å². The second-order valence-corrected chi connectivity index (χ2v) is 6.20. The van der Waals surface area contributed by atoms with E-state index in [1.165, 1.54) is 12.1 Å². The normalized spacial score (nSPS) is 20.5. The zero-order valence-electron chi connectivity index (χ0n) is 14.1. The van der Waals surface area contributed by atoms with Crippen molar-refractivity contribution in [3.63, 3.8) is 0 Å². The van der Waals surface area contributed by atoms with Gasteiger partial charge in [-0.25, -0.2) is 5.01 Å². The van der Waals surface area contributed by atoms with Gasteiger partial charge >= 0.3 is 12.1 Å². The van der Waals surface area contributed by atoms with Crippen molar-refractivity contribution in [1.82, 2.24) is 20.2 Å². The molecular formula is C16H17F3N4O3. The predicted molar refractivity (Wildman–Crippen MR) is 83.6 cm³/mol. The van der Waals surface area contributed by atoms with Crippen LogP contribution in [0.4, 0.5) is 13.2 Å². The van der Waals surface area contributed by atoms with Crippen molar-refractivity contribution in [2.75, 3.05) is 0 Å². The summed E-state index contributed by atoms with van der Waals surface area (Å²) in [5.41, 5.74) is 0.322. The highest BCUT2D eigenvalue weighted by molar-refractivity contribution is 5.92. The molecule has 0 saturated carbocycles. The lowest BCUT2D eigenvalue weighted by atomic mass is 10.1. The highest BCUT2D eigenvalue weighted by Crippen LogP contribution is 2.41. The Morgan fingerprint density at radius 2 is 2.15 bits per heavy atom. The average molecular weight is 370 g/mol. The van der Waals surface area contributed by atoms with Crippen LogP contribution in [0.15, 0.2) is 34.9 Å². The third-order valence-corrected chi connectivity index (χ3v) is 4.04. The number of nitrogens with zero attached hydrogens (tertiary/aromatic N) is 3. The fourth-order valence-electron chi connectivity index (χ4n) is 2.78. The fraction of sp³-hybridized carbons (Fsp3) is 0.375. The number of carbonyl (C=O) groups excluding carboxylic acids is 1. The molecule has 0 spiro atoms. The van der Waals surface area contributed by atoms with Crippen molar-refractivity contribution in [2.24, 2.45) is 0 Å². The van der Waals surface area contributed by atoms with E-state index in [-0.39, 0.29) is 23.0 Å². The lowest BCUT2D eigenvalue weighted by Crippen LogP contribution is -2.59. The maximum absolute atomic E-state index is 13.2. The Morgan fingerprint density at radius 3 is 2.73 bits per heavy atom. The molecule has 0 radical (unpaired) electrons. The second kappa shape index (κ2) is 5.90. The lowest BCUT2D eigenvalue weighted by Gasteiger charge is -2.32. The zero-order valence-corrected chi connectivity index (χ0v) is 14.1. The Labute approximate surface area is 146 Å². The fourth-order valence-corrected chi connectivity index (χ4v) is 2.78. The molecule has 0 bridgehead atoms. The largest absolute Gasteiger partial charge is 0.454 e. The Balaban J connectivity index is 1.83. The molecule has 1 unspecified atom stereocenters. The van der Waals surface area contributed by atoms with Gasteiger partial charge in [-0.3, -0.25) is 14.9 Å². The van der Waals surface area contributed by atoms with Crippen LogP contribution in [0.2, 0.25) is 0 Å². The second-order valence-electron chi connectivity index (χ2n) is 6.20. The van der Waals surface area contributed by atoms with Gasteiger partial charge < -0.3 is 9.52 Å². The van der Waals surface area contributed by atoms with E-state index in [0.717, 1.165) is 11.4 Å². The van der Waals surface area contributed by atoms with Crippen LogP contribution in [0, 0.1) is 13.8 Å². The number of nitrogens with one attached hydrogen (secondary N) is 1. The summed E-state index contributed by atoms with van der Waals surface area (Å²) >= 11 is 0. The summed E-state index contributed by atoms with van der Waals surface area (Å²) in [5.74, 6) is -1.15. The first-order valence-electron chi connectivity index (χ1n) is 7.69. The molecule has 1 amide bonds. The number of aromatic nitrogens is 2. The van der Waals surface area contributed by atoms with E-state index in [4.69, 9.17) is 4.42 Å². The van der Waals surface area contributed by atoms with Gasteiger partial charge in [0.05, 0.1) is 12.2 Å². The number of halogens is 3. The minimum absolute atomic E-state index is 0.0985. The molecule has 0 aliphatic carbocycles. The van der Waals surface area contributed by atoms with Crippen LogP contribution in [0.3, 0.4) is 0 Å². The van der Waals surface area contributed by atoms with Gasteiger partial charge in [0.25, 0.3) is 5.72 Å². The van der Waals surface area contributed by atoms with E-state index < -0.39 is 24.2 Å². The van der Waals surface area contributed by atoms with Gasteiger partial charge in [-0.05, 0) is 32.0 Å². The molecule has 1 atom stereocenters. The Kier molecular flexibility index (Phi) is 4.10. The van der Waals surface area contributed by atoms with Crippen molar-refractivity contribution < 1.29 is 27.5 Å². The molecule has 1 saturated heterocycles. The SMILES string of the molecule is C=C1CC(O)(C(F)(F)F)N(C(=O)c2ccc(Cn3nc(C)cc3C)o2)N1. The van der Waals surface area contributed by atoms with Gasteiger partial charge in [-0.1, -0.05) is 6.58 Å². The molecule has 1 aliphatic rings. The maximum Gasteiger partial charge on any atom is 0.438 e. The summed E-state index contributed by atoms with van der Waals surface area (Å²) in [6, 6.07) is 4.59. The molecule has 7 nitrogen and oxygen atoms in total. The van der Waals surface area contributed by atoms with Crippen LogP contribution in [0.25, 0.3) is 0 Å². The van der Waals surface area contributed by atoms with Crippen molar-refractivity contribution in [3.05, 3.63) is 53.4 Å². The molecule has 2 aromatic heterocycles. The monoisotopic (exact) mass is 370 g/mol. The first kappa shape index (κ1) is 18.1. The Morgan fingerprint density at radius 1 is 1.46 bits per heavy atom. The average Bonchev–Trinajstić information content (AvgIpc) is 3.18. The summed E-state index contributed by atoms with van der Waals surface area (Å²) in [6.45, 7) is 7.24. The van der Waals surface area contributed by atoms with E-state index in [2.05, 4.69) is 17.1 Å². The molecule has 0 aromatic carbocycles. The lowest BCUT2D eigenvalue weighted by molar-refractivity contribution is -0.299. The zero-order chi connectivity index (χ0) is 19.3. The minimum Gasteiger partial charge on any atom is -0.454 e. The summed E-state index contributed by atoms with van der Waals surface area (Å²) in [4.78, 5) is 12.4. The molecule has 2 N–H and O–H groups in total. The van der Waals surface area contributed by atoms with Crippen molar-refractivity contribution in [1.29, 1.82) is 0 Å². The molecule has 10 heteroatoms. The smallest absolute Gasteiger partial charge is 0.438 e. The molecular weight excluding hydrogens is 353 g/mol. The molecule has 1 fully saturated rings. The van der Waals surface area contributed by atoms with E-state index in [1.54, 1.807) is 4.68 Å². The first-order valence-corrected chi connectivity index (χ1v) is 7.69. The van der Waals surface area contributed by atoms with E-state index in [9.17, 15) is 23.1 Å². The first-order chi connectivity index (χ1) is 12.0. The number of aliphatic hydroxyl groups is 1. The highest BCUT2D eigenvalue weighted by atomic mass is 19.4. The molecule has 3 heterocycles. The number of carbonyl (C=O) groups is 1. The third-order valence-electron chi connectivity index (χ3n) is 4.04. The predicted octanol–water partition coefficient (Wildman–Crippen LogP) is 2.26. The number of aryl methyl sites for hydroxylation is 2. The highest BCUT2D eigenvalue weighted by Gasteiger charge is 2.63. The number of alkyl halides is 3. The van der Waals surface area contributed by atoms with Crippen LogP contribution in [0.1, 0.15) is 34.1 Å². The molecule has 140 valence electrons.